The van der Waals surface area contributed by atoms with E-state index >= 15 is 0 Å². The second-order valence-corrected chi connectivity index (χ2v) is 6.72. The van der Waals surface area contributed by atoms with Gasteiger partial charge < -0.3 is 20.1 Å². The van der Waals surface area contributed by atoms with E-state index in [2.05, 4.69) is 23.3 Å². The number of aliphatic carboxylic acids is 1. The van der Waals surface area contributed by atoms with E-state index in [1.54, 1.807) is 12.1 Å². The first kappa shape index (κ1) is 19.5. The third kappa shape index (κ3) is 4.52. The number of carbonyl (C=O) groups is 2. The number of para-hydroxylation sites is 1. The van der Waals surface area contributed by atoms with Gasteiger partial charge in [0.2, 0.25) is 5.91 Å². The van der Waals surface area contributed by atoms with Gasteiger partial charge in [0.1, 0.15) is 5.75 Å². The van der Waals surface area contributed by atoms with Crippen LogP contribution in [0.3, 0.4) is 0 Å². The van der Waals surface area contributed by atoms with E-state index in [0.29, 0.717) is 12.2 Å². The molecule has 0 saturated carbocycles. The standard InChI is InChI=1S/C22H24N2O4/c1-3-15-5-4-6-19-17(12-23-22(15)19)11-20(25)24-14(2)16-7-9-18(10-8-16)28-13-21(26)27/h4-10,12,14,23H,3,11,13H2,1-2H3,(H,24,25)(H,26,27). The first-order chi connectivity index (χ1) is 13.5. The quantitative estimate of drug-likeness (QED) is 0.557. The van der Waals surface area contributed by atoms with Crippen molar-refractivity contribution < 1.29 is 19.4 Å². The molecule has 3 rings (SSSR count). The molecule has 1 aromatic heterocycles. The van der Waals surface area contributed by atoms with E-state index in [4.69, 9.17) is 9.84 Å². The van der Waals surface area contributed by atoms with Crippen molar-refractivity contribution in [1.29, 1.82) is 0 Å². The van der Waals surface area contributed by atoms with Crippen LogP contribution in [-0.4, -0.2) is 28.6 Å². The summed E-state index contributed by atoms with van der Waals surface area (Å²) in [4.78, 5) is 26.4. The highest BCUT2D eigenvalue weighted by Crippen LogP contribution is 2.23. The molecule has 1 atom stereocenters. The second kappa shape index (κ2) is 8.61. The van der Waals surface area contributed by atoms with E-state index in [-0.39, 0.29) is 18.6 Å². The van der Waals surface area contributed by atoms with Gasteiger partial charge in [-0.3, -0.25) is 4.79 Å². The van der Waals surface area contributed by atoms with Crippen LogP contribution in [0.25, 0.3) is 10.9 Å². The number of carboxylic acids is 1. The summed E-state index contributed by atoms with van der Waals surface area (Å²) in [6, 6.07) is 13.0. The van der Waals surface area contributed by atoms with Gasteiger partial charge in [0, 0.05) is 17.1 Å². The molecule has 6 heteroatoms. The fourth-order valence-electron chi connectivity index (χ4n) is 3.26. The Labute approximate surface area is 163 Å². The minimum absolute atomic E-state index is 0.0542. The van der Waals surface area contributed by atoms with E-state index in [1.807, 2.05) is 37.4 Å². The molecular formula is C22H24N2O4. The van der Waals surface area contributed by atoms with E-state index in [1.165, 1.54) is 5.56 Å². The number of rotatable bonds is 8. The summed E-state index contributed by atoms with van der Waals surface area (Å²) >= 11 is 0. The molecule has 0 bridgehead atoms. The lowest BCUT2D eigenvalue weighted by Crippen LogP contribution is -2.28. The van der Waals surface area contributed by atoms with E-state index in [0.717, 1.165) is 28.5 Å². The third-order valence-corrected chi connectivity index (χ3v) is 4.74. The van der Waals surface area contributed by atoms with Crippen LogP contribution < -0.4 is 10.1 Å². The molecule has 0 radical (unpaired) electrons. The number of H-pyrrole nitrogens is 1. The maximum absolute atomic E-state index is 12.5. The number of aromatic nitrogens is 1. The van der Waals surface area contributed by atoms with Crippen molar-refractivity contribution in [3.8, 4) is 5.75 Å². The smallest absolute Gasteiger partial charge is 0.341 e. The van der Waals surface area contributed by atoms with Gasteiger partial charge in [0.05, 0.1) is 12.5 Å². The monoisotopic (exact) mass is 380 g/mol. The molecule has 2 aromatic carbocycles. The Morgan fingerprint density at radius 2 is 1.89 bits per heavy atom. The highest BCUT2D eigenvalue weighted by atomic mass is 16.5. The van der Waals surface area contributed by atoms with Crippen LogP contribution in [0.5, 0.6) is 5.75 Å². The van der Waals surface area contributed by atoms with Crippen LogP contribution in [0.2, 0.25) is 0 Å². The summed E-state index contributed by atoms with van der Waals surface area (Å²) in [7, 11) is 0. The first-order valence-electron chi connectivity index (χ1n) is 9.29. The fourth-order valence-corrected chi connectivity index (χ4v) is 3.26. The van der Waals surface area contributed by atoms with Crippen LogP contribution >= 0.6 is 0 Å². The molecule has 1 heterocycles. The molecule has 146 valence electrons. The normalized spacial score (nSPS) is 11.9. The summed E-state index contributed by atoms with van der Waals surface area (Å²) in [5.74, 6) is -0.593. The second-order valence-electron chi connectivity index (χ2n) is 6.72. The van der Waals surface area contributed by atoms with Crippen molar-refractivity contribution in [2.45, 2.75) is 32.7 Å². The molecule has 0 spiro atoms. The molecular weight excluding hydrogens is 356 g/mol. The van der Waals surface area contributed by atoms with Crippen LogP contribution in [-0.2, 0) is 22.4 Å². The molecule has 0 fully saturated rings. The molecule has 1 unspecified atom stereocenters. The van der Waals surface area contributed by atoms with E-state index < -0.39 is 5.97 Å². The predicted octanol–water partition coefficient (Wildman–Crippen LogP) is 3.61. The van der Waals surface area contributed by atoms with Gasteiger partial charge in [-0.15, -0.1) is 0 Å². The SMILES string of the molecule is CCc1cccc2c(CC(=O)NC(C)c3ccc(OCC(=O)O)cc3)c[nH]c12. The number of hydrogen-bond acceptors (Lipinski definition) is 3. The van der Waals surface area contributed by atoms with Crippen molar-refractivity contribution in [3.63, 3.8) is 0 Å². The third-order valence-electron chi connectivity index (χ3n) is 4.74. The number of carbonyl (C=O) groups excluding carboxylic acids is 1. The number of carboxylic acid groups (broad SMARTS) is 1. The van der Waals surface area contributed by atoms with Crippen molar-refractivity contribution in [3.05, 3.63) is 65.4 Å². The van der Waals surface area contributed by atoms with Crippen molar-refractivity contribution in [2.75, 3.05) is 6.61 Å². The number of ether oxygens (including phenoxy) is 1. The summed E-state index contributed by atoms with van der Waals surface area (Å²) in [6.45, 7) is 3.65. The molecule has 3 aromatic rings. The molecule has 1 amide bonds. The van der Waals surface area contributed by atoms with Crippen LogP contribution in [0, 0.1) is 0 Å². The molecule has 0 saturated heterocycles. The molecule has 0 aliphatic heterocycles. The van der Waals surface area contributed by atoms with Crippen molar-refractivity contribution in [2.24, 2.45) is 0 Å². The summed E-state index contributed by atoms with van der Waals surface area (Å²) in [5.41, 5.74) is 4.23. The number of benzene rings is 2. The zero-order chi connectivity index (χ0) is 20.1. The fraction of sp³-hybridized carbons (Fsp3) is 0.273. The number of amides is 1. The highest BCUT2D eigenvalue weighted by molar-refractivity contribution is 5.90. The summed E-state index contributed by atoms with van der Waals surface area (Å²) < 4.78 is 5.12. The molecule has 0 aliphatic rings. The molecule has 6 nitrogen and oxygen atoms in total. The maximum Gasteiger partial charge on any atom is 0.341 e. The topological polar surface area (TPSA) is 91.4 Å². The van der Waals surface area contributed by atoms with Gasteiger partial charge in [0.25, 0.3) is 0 Å². The van der Waals surface area contributed by atoms with E-state index in [9.17, 15) is 9.59 Å². The van der Waals surface area contributed by atoms with Crippen LogP contribution in [0.15, 0.2) is 48.7 Å². The molecule has 28 heavy (non-hydrogen) atoms. The predicted molar refractivity (Wildman–Crippen MR) is 108 cm³/mol. The van der Waals surface area contributed by atoms with Gasteiger partial charge in [0.15, 0.2) is 6.61 Å². The first-order valence-corrected chi connectivity index (χ1v) is 9.29. The Morgan fingerprint density at radius 1 is 1.14 bits per heavy atom. The largest absolute Gasteiger partial charge is 0.482 e. The van der Waals surface area contributed by atoms with Gasteiger partial charge in [-0.1, -0.05) is 37.3 Å². The Kier molecular flexibility index (Phi) is 5.99. The van der Waals surface area contributed by atoms with Gasteiger partial charge in [-0.2, -0.15) is 0 Å². The zero-order valence-corrected chi connectivity index (χ0v) is 16.0. The maximum atomic E-state index is 12.5. The number of nitrogens with one attached hydrogen (secondary N) is 2. The number of aryl methyl sites for hydroxylation is 1. The lowest BCUT2D eigenvalue weighted by molar-refractivity contribution is -0.139. The number of aromatic amines is 1. The average molecular weight is 380 g/mol. The van der Waals surface area contributed by atoms with Crippen molar-refractivity contribution in [1.82, 2.24) is 10.3 Å². The van der Waals surface area contributed by atoms with Gasteiger partial charge in [-0.05, 0) is 42.2 Å². The Hall–Kier alpha value is -3.28. The molecule has 0 aliphatic carbocycles. The Balaban J connectivity index is 1.62. The lowest BCUT2D eigenvalue weighted by atomic mass is 10.0. The Morgan fingerprint density at radius 3 is 2.57 bits per heavy atom. The van der Waals surface area contributed by atoms with Gasteiger partial charge in [-0.25, -0.2) is 4.79 Å². The van der Waals surface area contributed by atoms with Crippen LogP contribution in [0.1, 0.15) is 36.6 Å². The minimum atomic E-state index is -1.02. The zero-order valence-electron chi connectivity index (χ0n) is 16.0. The van der Waals surface area contributed by atoms with Crippen molar-refractivity contribution >= 4 is 22.8 Å². The number of fused-ring (bicyclic) bond motifs is 1. The minimum Gasteiger partial charge on any atom is -0.482 e. The van der Waals surface area contributed by atoms with Gasteiger partial charge >= 0.3 is 5.97 Å². The van der Waals surface area contributed by atoms with Crippen LogP contribution in [0.4, 0.5) is 0 Å². The number of hydrogen-bond donors (Lipinski definition) is 3. The Bertz CT molecular complexity index is 976. The summed E-state index contributed by atoms with van der Waals surface area (Å²) in [5, 5.41) is 12.7. The lowest BCUT2D eigenvalue weighted by Gasteiger charge is -2.15. The summed E-state index contributed by atoms with van der Waals surface area (Å²) in [6.07, 6.45) is 3.15. The average Bonchev–Trinajstić information content (AvgIpc) is 3.09. The highest BCUT2D eigenvalue weighted by Gasteiger charge is 2.14. The molecule has 3 N–H and O–H groups in total.